The Morgan fingerprint density at radius 1 is 1.44 bits per heavy atom. The number of carbonyl (C=O) groups excluding carboxylic acids is 1. The Hall–Kier alpha value is -1.29. The van der Waals surface area contributed by atoms with Crippen LogP contribution in [0.2, 0.25) is 0 Å². The number of rotatable bonds is 4. The highest BCUT2D eigenvalue weighted by molar-refractivity contribution is 5.91. The van der Waals surface area contributed by atoms with Crippen molar-refractivity contribution in [2.75, 3.05) is 26.7 Å². The number of likely N-dealkylation sites (N-methyl/N-ethyl adjacent to an activating group) is 1. The quantitative estimate of drug-likeness (QED) is 0.834. The summed E-state index contributed by atoms with van der Waals surface area (Å²) in [4.78, 5) is 13.8. The molecule has 2 rings (SSSR count). The summed E-state index contributed by atoms with van der Waals surface area (Å²) in [7, 11) is 1.90. The van der Waals surface area contributed by atoms with Gasteiger partial charge in [0.1, 0.15) is 5.76 Å². The minimum atomic E-state index is 0.0354. The highest BCUT2D eigenvalue weighted by Gasteiger charge is 2.21. The van der Waals surface area contributed by atoms with Crippen molar-refractivity contribution in [1.82, 2.24) is 10.2 Å². The van der Waals surface area contributed by atoms with Crippen LogP contribution in [0.3, 0.4) is 0 Å². The van der Waals surface area contributed by atoms with Crippen LogP contribution in [0, 0.1) is 0 Å². The average Bonchev–Trinajstić information content (AvgIpc) is 2.96. The summed E-state index contributed by atoms with van der Waals surface area (Å²) in [5.41, 5.74) is 0. The Morgan fingerprint density at radius 2 is 2.19 bits per heavy atom. The lowest BCUT2D eigenvalue weighted by Crippen LogP contribution is -2.27. The van der Waals surface area contributed by atoms with E-state index in [1.54, 1.807) is 6.07 Å². The molecule has 1 aromatic heterocycles. The Morgan fingerprint density at radius 3 is 2.88 bits per heavy atom. The van der Waals surface area contributed by atoms with E-state index in [0.717, 1.165) is 44.7 Å². The number of hydrogen-bond donors (Lipinski definition) is 1. The summed E-state index contributed by atoms with van der Waals surface area (Å²) in [6.45, 7) is 2.60. The van der Waals surface area contributed by atoms with Crippen molar-refractivity contribution < 1.29 is 9.21 Å². The van der Waals surface area contributed by atoms with Crippen LogP contribution in [0.15, 0.2) is 16.5 Å². The molecule has 88 valence electrons. The van der Waals surface area contributed by atoms with E-state index >= 15 is 0 Å². The predicted octanol–water partition coefficient (Wildman–Crippen LogP) is 1.28. The second-order valence-electron chi connectivity index (χ2n) is 4.12. The van der Waals surface area contributed by atoms with E-state index in [1.807, 2.05) is 18.0 Å². The molecular weight excluding hydrogens is 204 g/mol. The number of carbonyl (C=O) groups is 1. The first kappa shape index (κ1) is 11.2. The standard InChI is InChI=1S/C12H18N2O2/c1-13-7-6-10-4-5-11(16-10)12(15)14-8-2-3-9-14/h4-5,13H,2-3,6-9H2,1H3. The molecule has 4 heteroatoms. The number of nitrogens with one attached hydrogen (secondary N) is 1. The van der Waals surface area contributed by atoms with Gasteiger partial charge in [-0.05, 0) is 32.0 Å². The molecule has 1 saturated heterocycles. The fourth-order valence-corrected chi connectivity index (χ4v) is 1.95. The van der Waals surface area contributed by atoms with Crippen LogP contribution in [0.4, 0.5) is 0 Å². The smallest absolute Gasteiger partial charge is 0.289 e. The number of likely N-dealkylation sites (tertiary alicyclic amines) is 1. The van der Waals surface area contributed by atoms with Gasteiger partial charge in [-0.3, -0.25) is 4.79 Å². The first-order chi connectivity index (χ1) is 7.81. The second-order valence-corrected chi connectivity index (χ2v) is 4.12. The first-order valence-electron chi connectivity index (χ1n) is 5.84. The van der Waals surface area contributed by atoms with Gasteiger partial charge in [0.25, 0.3) is 5.91 Å². The minimum absolute atomic E-state index is 0.0354. The minimum Gasteiger partial charge on any atom is -0.456 e. The van der Waals surface area contributed by atoms with Crippen LogP contribution >= 0.6 is 0 Å². The molecule has 0 aliphatic carbocycles. The lowest BCUT2D eigenvalue weighted by atomic mass is 10.3. The number of nitrogens with zero attached hydrogens (tertiary/aromatic N) is 1. The summed E-state index contributed by atoms with van der Waals surface area (Å²) in [6, 6.07) is 3.67. The summed E-state index contributed by atoms with van der Waals surface area (Å²) < 4.78 is 5.53. The van der Waals surface area contributed by atoms with E-state index in [1.165, 1.54) is 0 Å². The van der Waals surface area contributed by atoms with Gasteiger partial charge in [0.15, 0.2) is 5.76 Å². The van der Waals surface area contributed by atoms with Crippen molar-refractivity contribution in [2.24, 2.45) is 0 Å². The lowest BCUT2D eigenvalue weighted by Gasteiger charge is -2.12. The molecule has 2 heterocycles. The summed E-state index contributed by atoms with van der Waals surface area (Å²) in [6.07, 6.45) is 3.04. The highest BCUT2D eigenvalue weighted by atomic mass is 16.4. The average molecular weight is 222 g/mol. The molecule has 0 unspecified atom stereocenters. The van der Waals surface area contributed by atoms with Gasteiger partial charge >= 0.3 is 0 Å². The van der Waals surface area contributed by atoms with Gasteiger partial charge in [0.2, 0.25) is 0 Å². The van der Waals surface area contributed by atoms with Crippen molar-refractivity contribution in [2.45, 2.75) is 19.3 Å². The summed E-state index contributed by atoms with van der Waals surface area (Å²) in [5, 5.41) is 3.05. The zero-order chi connectivity index (χ0) is 11.4. The van der Waals surface area contributed by atoms with E-state index in [0.29, 0.717) is 5.76 Å². The third kappa shape index (κ3) is 2.44. The molecule has 1 aliphatic rings. The number of furan rings is 1. The maximum atomic E-state index is 12.0. The third-order valence-corrected chi connectivity index (χ3v) is 2.89. The lowest BCUT2D eigenvalue weighted by molar-refractivity contribution is 0.0759. The van der Waals surface area contributed by atoms with Crippen LogP contribution in [0.25, 0.3) is 0 Å². The fourth-order valence-electron chi connectivity index (χ4n) is 1.95. The maximum Gasteiger partial charge on any atom is 0.289 e. The molecule has 0 radical (unpaired) electrons. The zero-order valence-electron chi connectivity index (χ0n) is 9.66. The summed E-state index contributed by atoms with van der Waals surface area (Å²) in [5.74, 6) is 1.39. The number of hydrogen-bond acceptors (Lipinski definition) is 3. The zero-order valence-corrected chi connectivity index (χ0v) is 9.66. The molecule has 0 saturated carbocycles. The number of amides is 1. The van der Waals surface area contributed by atoms with Crippen molar-refractivity contribution in [1.29, 1.82) is 0 Å². The topological polar surface area (TPSA) is 45.5 Å². The molecule has 1 amide bonds. The van der Waals surface area contributed by atoms with E-state index in [9.17, 15) is 4.79 Å². The van der Waals surface area contributed by atoms with E-state index in [2.05, 4.69) is 5.32 Å². The van der Waals surface area contributed by atoms with Crippen molar-refractivity contribution >= 4 is 5.91 Å². The SMILES string of the molecule is CNCCc1ccc(C(=O)N2CCCC2)o1. The molecule has 1 aliphatic heterocycles. The van der Waals surface area contributed by atoms with Crippen LogP contribution in [-0.2, 0) is 6.42 Å². The predicted molar refractivity (Wildman–Crippen MR) is 61.5 cm³/mol. The summed E-state index contributed by atoms with van der Waals surface area (Å²) >= 11 is 0. The Kier molecular flexibility index (Phi) is 3.62. The van der Waals surface area contributed by atoms with Crippen molar-refractivity contribution in [3.8, 4) is 0 Å². The Bertz CT molecular complexity index is 354. The van der Waals surface area contributed by atoms with Crippen LogP contribution in [-0.4, -0.2) is 37.5 Å². The fraction of sp³-hybridized carbons (Fsp3) is 0.583. The van der Waals surface area contributed by atoms with Gasteiger partial charge < -0.3 is 14.6 Å². The van der Waals surface area contributed by atoms with E-state index in [4.69, 9.17) is 4.42 Å². The molecule has 0 spiro atoms. The van der Waals surface area contributed by atoms with Crippen LogP contribution < -0.4 is 5.32 Å². The molecule has 16 heavy (non-hydrogen) atoms. The second kappa shape index (κ2) is 5.16. The largest absolute Gasteiger partial charge is 0.456 e. The van der Waals surface area contributed by atoms with Gasteiger partial charge in [0, 0.05) is 26.1 Å². The van der Waals surface area contributed by atoms with Gasteiger partial charge in [-0.15, -0.1) is 0 Å². The first-order valence-corrected chi connectivity index (χ1v) is 5.84. The van der Waals surface area contributed by atoms with Gasteiger partial charge in [0.05, 0.1) is 0 Å². The Labute approximate surface area is 95.6 Å². The van der Waals surface area contributed by atoms with Crippen LogP contribution in [0.1, 0.15) is 29.2 Å². The van der Waals surface area contributed by atoms with Gasteiger partial charge in [-0.2, -0.15) is 0 Å². The molecule has 0 aromatic carbocycles. The normalized spacial score (nSPS) is 15.7. The monoisotopic (exact) mass is 222 g/mol. The van der Waals surface area contributed by atoms with Gasteiger partial charge in [-0.1, -0.05) is 0 Å². The molecular formula is C12H18N2O2. The highest BCUT2D eigenvalue weighted by Crippen LogP contribution is 2.15. The van der Waals surface area contributed by atoms with E-state index in [-0.39, 0.29) is 5.91 Å². The van der Waals surface area contributed by atoms with Crippen LogP contribution in [0.5, 0.6) is 0 Å². The molecule has 0 atom stereocenters. The van der Waals surface area contributed by atoms with E-state index < -0.39 is 0 Å². The third-order valence-electron chi connectivity index (χ3n) is 2.89. The maximum absolute atomic E-state index is 12.0. The molecule has 0 bridgehead atoms. The van der Waals surface area contributed by atoms with Crippen molar-refractivity contribution in [3.05, 3.63) is 23.7 Å². The Balaban J connectivity index is 1.97. The van der Waals surface area contributed by atoms with Gasteiger partial charge in [-0.25, -0.2) is 0 Å². The molecule has 1 aromatic rings. The molecule has 1 N–H and O–H groups in total. The van der Waals surface area contributed by atoms with Crippen molar-refractivity contribution in [3.63, 3.8) is 0 Å². The molecule has 4 nitrogen and oxygen atoms in total. The molecule has 1 fully saturated rings.